The van der Waals surface area contributed by atoms with Gasteiger partial charge in [0, 0.05) is 18.0 Å². The highest BCUT2D eigenvalue weighted by molar-refractivity contribution is 5.86. The predicted octanol–water partition coefficient (Wildman–Crippen LogP) is 2.55. The molecule has 1 amide bonds. The number of benzene rings is 2. The Morgan fingerprint density at radius 1 is 1.00 bits per heavy atom. The zero-order valence-corrected chi connectivity index (χ0v) is 18.2. The minimum absolute atomic E-state index is 0.0380. The molecule has 2 fully saturated rings. The van der Waals surface area contributed by atoms with Crippen molar-refractivity contribution in [3.8, 4) is 23.0 Å². The Morgan fingerprint density at radius 2 is 1.65 bits per heavy atom. The van der Waals surface area contributed by atoms with Gasteiger partial charge in [-0.25, -0.2) is 10.9 Å². The third kappa shape index (κ3) is 3.45. The lowest BCUT2D eigenvalue weighted by molar-refractivity contribution is -0.130. The molecule has 4 unspecified atom stereocenters. The Hall–Kier alpha value is -2.97. The van der Waals surface area contributed by atoms with Crippen LogP contribution in [0.25, 0.3) is 0 Å². The van der Waals surface area contributed by atoms with Crippen LogP contribution in [-0.2, 0) is 4.79 Å². The fraction of sp³-hybridized carbons (Fsp3) is 0.435. The largest absolute Gasteiger partial charge is 0.508 e. The second kappa shape index (κ2) is 8.64. The molecule has 31 heavy (non-hydrogen) atoms. The molecule has 3 N–H and O–H groups in total. The molecule has 0 bridgehead atoms. The van der Waals surface area contributed by atoms with Gasteiger partial charge < -0.3 is 24.2 Å². The number of nitrogens with one attached hydrogen (secondary N) is 2. The van der Waals surface area contributed by atoms with E-state index < -0.39 is 6.04 Å². The van der Waals surface area contributed by atoms with Gasteiger partial charge in [-0.3, -0.25) is 4.79 Å². The molecule has 8 nitrogen and oxygen atoms in total. The highest BCUT2D eigenvalue weighted by Crippen LogP contribution is 2.51. The van der Waals surface area contributed by atoms with Gasteiger partial charge >= 0.3 is 0 Å². The highest BCUT2D eigenvalue weighted by atomic mass is 16.5. The van der Waals surface area contributed by atoms with E-state index in [0.717, 1.165) is 17.5 Å². The number of hydrazine groups is 1. The summed E-state index contributed by atoms with van der Waals surface area (Å²) in [4.78, 5) is 15.2. The van der Waals surface area contributed by atoms with Crippen molar-refractivity contribution < 1.29 is 24.1 Å². The zero-order valence-electron chi connectivity index (χ0n) is 18.2. The van der Waals surface area contributed by atoms with E-state index in [0.29, 0.717) is 23.8 Å². The Kier molecular flexibility index (Phi) is 5.93. The van der Waals surface area contributed by atoms with Gasteiger partial charge in [-0.1, -0.05) is 25.1 Å². The summed E-state index contributed by atoms with van der Waals surface area (Å²) in [5.41, 5.74) is 8.07. The summed E-state index contributed by atoms with van der Waals surface area (Å²) in [6, 6.07) is 10.2. The average Bonchev–Trinajstić information content (AvgIpc) is 3.32. The van der Waals surface area contributed by atoms with Gasteiger partial charge in [0.1, 0.15) is 11.8 Å². The lowest BCUT2D eigenvalue weighted by atomic mass is 9.83. The molecule has 8 heteroatoms. The molecule has 2 saturated heterocycles. The number of phenols is 1. The smallest absolute Gasteiger partial charge is 0.242 e. The quantitative estimate of drug-likeness (QED) is 0.625. The molecule has 0 aromatic heterocycles. The van der Waals surface area contributed by atoms with E-state index in [1.807, 2.05) is 29.2 Å². The second-order valence-corrected chi connectivity index (χ2v) is 7.82. The maximum Gasteiger partial charge on any atom is 0.242 e. The molecule has 4 atom stereocenters. The normalized spacial score (nSPS) is 24.9. The van der Waals surface area contributed by atoms with E-state index in [1.165, 1.54) is 0 Å². The Bertz CT molecular complexity index is 941. The molecule has 2 heterocycles. The molecule has 4 rings (SSSR count). The Labute approximate surface area is 182 Å². The van der Waals surface area contributed by atoms with E-state index in [2.05, 4.69) is 17.8 Å². The molecule has 0 radical (unpaired) electrons. The summed E-state index contributed by atoms with van der Waals surface area (Å²) in [7, 11) is 4.73. The summed E-state index contributed by atoms with van der Waals surface area (Å²) < 4.78 is 16.6. The van der Waals surface area contributed by atoms with Gasteiger partial charge in [0.05, 0.1) is 33.4 Å². The first-order chi connectivity index (χ1) is 15.0. The van der Waals surface area contributed by atoms with E-state index in [9.17, 15) is 9.90 Å². The number of hydrogen-bond acceptors (Lipinski definition) is 7. The average molecular weight is 428 g/mol. The maximum absolute atomic E-state index is 13.3. The topological polar surface area (TPSA) is 92.3 Å². The number of phenolic OH excluding ortho intramolecular Hbond substituents is 1. The number of carbonyl (C=O) groups is 1. The summed E-state index contributed by atoms with van der Waals surface area (Å²) in [5, 5.41) is 10.5. The van der Waals surface area contributed by atoms with Gasteiger partial charge in [-0.15, -0.1) is 0 Å². The van der Waals surface area contributed by atoms with Crippen molar-refractivity contribution in [2.75, 3.05) is 27.9 Å². The number of carbonyl (C=O) groups excluding carboxylic acids is 1. The summed E-state index contributed by atoms with van der Waals surface area (Å²) in [5.74, 6) is 1.69. The van der Waals surface area contributed by atoms with E-state index in [-0.39, 0.29) is 29.7 Å². The van der Waals surface area contributed by atoms with Crippen LogP contribution >= 0.6 is 0 Å². The van der Waals surface area contributed by atoms with Crippen LogP contribution in [0, 0.1) is 5.92 Å². The van der Waals surface area contributed by atoms with Crippen LogP contribution in [0.3, 0.4) is 0 Å². The second-order valence-electron chi connectivity index (χ2n) is 7.82. The lowest BCUT2D eigenvalue weighted by Crippen LogP contribution is -2.41. The first kappa shape index (κ1) is 21.3. The number of likely N-dealkylation sites (tertiary alicyclic amines) is 1. The molecule has 0 spiro atoms. The van der Waals surface area contributed by atoms with Gasteiger partial charge in [-0.2, -0.15) is 0 Å². The van der Waals surface area contributed by atoms with Crippen LogP contribution < -0.4 is 25.1 Å². The number of hydrogen-bond donors (Lipinski definition) is 3. The van der Waals surface area contributed by atoms with Crippen LogP contribution in [0.5, 0.6) is 23.0 Å². The van der Waals surface area contributed by atoms with E-state index in [1.54, 1.807) is 33.5 Å². The van der Waals surface area contributed by atoms with Gasteiger partial charge in [0.2, 0.25) is 11.7 Å². The summed E-state index contributed by atoms with van der Waals surface area (Å²) >= 11 is 0. The fourth-order valence-corrected chi connectivity index (χ4v) is 4.88. The molecule has 0 aliphatic carbocycles. The predicted molar refractivity (Wildman–Crippen MR) is 115 cm³/mol. The number of ether oxygens (including phenoxy) is 3. The molecule has 2 aromatic rings. The number of fused-ring (bicyclic) bond motifs is 1. The third-order valence-electron chi connectivity index (χ3n) is 6.18. The van der Waals surface area contributed by atoms with Crippen LogP contribution in [0.2, 0.25) is 0 Å². The monoisotopic (exact) mass is 427 g/mol. The Morgan fingerprint density at radius 3 is 2.23 bits per heavy atom. The van der Waals surface area contributed by atoms with Gasteiger partial charge in [0.15, 0.2) is 11.5 Å². The maximum atomic E-state index is 13.3. The minimum Gasteiger partial charge on any atom is -0.508 e. The van der Waals surface area contributed by atoms with Crippen molar-refractivity contribution in [3.63, 3.8) is 0 Å². The number of para-hydroxylation sites is 1. The zero-order chi connectivity index (χ0) is 22.1. The number of rotatable bonds is 7. The molecule has 166 valence electrons. The van der Waals surface area contributed by atoms with Gasteiger partial charge in [-0.05, 0) is 30.2 Å². The molecular weight excluding hydrogens is 398 g/mol. The van der Waals surface area contributed by atoms with E-state index in [4.69, 9.17) is 14.2 Å². The van der Waals surface area contributed by atoms with E-state index >= 15 is 0 Å². The fourth-order valence-electron chi connectivity index (χ4n) is 4.88. The molecule has 2 aromatic carbocycles. The number of nitrogens with zero attached hydrogens (tertiary/aromatic N) is 1. The van der Waals surface area contributed by atoms with Crippen LogP contribution in [0.1, 0.15) is 36.6 Å². The standard InChI is InChI=1S/C23H29N3O5/c1-5-10-26-21(13-11-16(29-2)22(31-4)17(12-13)30-3)18-19(24-25-20(18)23(26)28)14-8-6-7-9-15(14)27/h6-9,11-12,18-21,24-25,27H,5,10H2,1-4H3. The van der Waals surface area contributed by atoms with Crippen molar-refractivity contribution in [2.45, 2.75) is 31.5 Å². The first-order valence-electron chi connectivity index (χ1n) is 10.4. The number of methoxy groups -OCH3 is 3. The molecule has 0 saturated carbocycles. The molecule has 2 aliphatic heterocycles. The summed E-state index contributed by atoms with van der Waals surface area (Å²) in [6.45, 7) is 2.68. The van der Waals surface area contributed by atoms with Crippen molar-refractivity contribution in [3.05, 3.63) is 47.5 Å². The van der Waals surface area contributed by atoms with Crippen LogP contribution in [0.4, 0.5) is 0 Å². The minimum atomic E-state index is -0.403. The highest BCUT2D eigenvalue weighted by Gasteiger charge is 2.55. The number of amides is 1. The third-order valence-corrected chi connectivity index (χ3v) is 6.18. The SMILES string of the molecule is CCCN1C(=O)C2NNC(c3ccccc3O)C2C1c1cc(OC)c(OC)c(OC)c1. The van der Waals surface area contributed by atoms with Crippen molar-refractivity contribution in [1.29, 1.82) is 0 Å². The van der Waals surface area contributed by atoms with Crippen molar-refractivity contribution >= 4 is 5.91 Å². The first-order valence-corrected chi connectivity index (χ1v) is 10.4. The van der Waals surface area contributed by atoms with Crippen LogP contribution in [-0.4, -0.2) is 49.8 Å². The molecule has 2 aliphatic rings. The number of aromatic hydroxyl groups is 1. The lowest BCUT2D eigenvalue weighted by Gasteiger charge is -2.32. The van der Waals surface area contributed by atoms with Crippen molar-refractivity contribution in [2.24, 2.45) is 5.92 Å². The van der Waals surface area contributed by atoms with Gasteiger partial charge in [0.25, 0.3) is 0 Å². The molecular formula is C23H29N3O5. The Balaban J connectivity index is 1.85. The summed E-state index contributed by atoms with van der Waals surface area (Å²) in [6.07, 6.45) is 0.834. The van der Waals surface area contributed by atoms with Crippen LogP contribution in [0.15, 0.2) is 36.4 Å². The van der Waals surface area contributed by atoms with Crippen molar-refractivity contribution in [1.82, 2.24) is 15.8 Å².